The zero-order valence-corrected chi connectivity index (χ0v) is 20.7. The lowest BCUT2D eigenvalue weighted by Gasteiger charge is -2.28. The minimum atomic E-state index is -0.941. The lowest BCUT2D eigenvalue weighted by atomic mass is 9.82. The Labute approximate surface area is 206 Å². The van der Waals surface area contributed by atoms with Gasteiger partial charge >= 0.3 is 0 Å². The van der Waals surface area contributed by atoms with Crippen molar-refractivity contribution in [3.8, 4) is 0 Å². The molecule has 0 aliphatic heterocycles. The van der Waals surface area contributed by atoms with Crippen LogP contribution in [0.15, 0.2) is 42.5 Å². The van der Waals surface area contributed by atoms with Crippen LogP contribution < -0.4 is 10.6 Å². The fraction of sp³-hybridized carbons (Fsp3) is 0.464. The summed E-state index contributed by atoms with van der Waals surface area (Å²) in [4.78, 5) is 33.4. The molecule has 2 unspecified atom stereocenters. The maximum absolute atomic E-state index is 13.1. The van der Waals surface area contributed by atoms with Crippen LogP contribution in [0.1, 0.15) is 55.1 Å². The molecule has 3 N–H and O–H groups in total. The van der Waals surface area contributed by atoms with Crippen molar-refractivity contribution in [2.75, 3.05) is 26.8 Å². The number of carbonyl (C=O) groups excluding carboxylic acids is 2. The number of ether oxygens (including phenoxy) is 1. The molecule has 5 rings (SSSR count). The number of aromatic amines is 1. The number of nitrogens with one attached hydrogen (secondary N) is 3. The van der Waals surface area contributed by atoms with Gasteiger partial charge in [-0.2, -0.15) is 0 Å². The number of amides is 2. The first-order valence-corrected chi connectivity index (χ1v) is 12.5. The third-order valence-electron chi connectivity index (χ3n) is 7.89. The zero-order valence-electron chi connectivity index (χ0n) is 20.7. The average molecular weight is 475 g/mol. The van der Waals surface area contributed by atoms with E-state index < -0.39 is 5.41 Å². The summed E-state index contributed by atoms with van der Waals surface area (Å²) in [6, 6.07) is 14.7. The van der Waals surface area contributed by atoms with Crippen molar-refractivity contribution in [3.05, 3.63) is 65.0 Å². The van der Waals surface area contributed by atoms with E-state index in [1.54, 1.807) is 7.11 Å². The fourth-order valence-corrected chi connectivity index (χ4v) is 5.76. The summed E-state index contributed by atoms with van der Waals surface area (Å²) < 4.78 is 5.42. The van der Waals surface area contributed by atoms with Crippen LogP contribution in [-0.2, 0) is 32.6 Å². The van der Waals surface area contributed by atoms with Gasteiger partial charge in [-0.1, -0.05) is 30.3 Å². The van der Waals surface area contributed by atoms with Crippen molar-refractivity contribution < 1.29 is 14.3 Å². The summed E-state index contributed by atoms with van der Waals surface area (Å²) in [6.07, 6.45) is 4.65. The molecule has 0 radical (unpaired) electrons. The number of hydrogen-bond donors (Lipinski definition) is 3. The number of imidazole rings is 1. The summed E-state index contributed by atoms with van der Waals surface area (Å²) in [7, 11) is 1.58. The fourth-order valence-electron chi connectivity index (χ4n) is 5.76. The van der Waals surface area contributed by atoms with Crippen molar-refractivity contribution in [2.24, 2.45) is 5.41 Å². The summed E-state index contributed by atoms with van der Waals surface area (Å²) in [6.45, 7) is 4.35. The Balaban J connectivity index is 1.38. The van der Waals surface area contributed by atoms with Gasteiger partial charge in [-0.25, -0.2) is 4.98 Å². The number of rotatable bonds is 9. The average Bonchev–Trinajstić information content (AvgIpc) is 3.39. The first-order chi connectivity index (χ1) is 16.9. The number of carbonyl (C=O) groups is 2. The molecule has 1 fully saturated rings. The van der Waals surface area contributed by atoms with E-state index in [0.717, 1.165) is 28.8 Å². The third-order valence-corrected chi connectivity index (χ3v) is 7.89. The molecule has 0 bridgehead atoms. The van der Waals surface area contributed by atoms with E-state index >= 15 is 0 Å². The first-order valence-electron chi connectivity index (χ1n) is 12.5. The molecule has 2 aromatic carbocycles. The molecular weight excluding hydrogens is 440 g/mol. The molecular formula is C28H34N4O3. The molecule has 3 aromatic rings. The van der Waals surface area contributed by atoms with Gasteiger partial charge in [0, 0.05) is 20.1 Å². The standard InChI is InChI=1S/C28H34N4O3/c1-4-29-25(33)16-30-26(34)27(2,17-35-3)19-9-10-22-23(13-19)32-24(31-22)14-21-20-8-6-5-7-18(20)15-28(21)11-12-28/h5-10,13,21H,4,11-12,14-17H2,1-3H3,(H,29,33)(H,30,34)(H,31,32). The largest absolute Gasteiger partial charge is 0.383 e. The predicted molar refractivity (Wildman–Crippen MR) is 135 cm³/mol. The minimum Gasteiger partial charge on any atom is -0.383 e. The Morgan fingerprint density at radius 3 is 2.74 bits per heavy atom. The number of fused-ring (bicyclic) bond motifs is 2. The molecule has 2 atom stereocenters. The van der Waals surface area contributed by atoms with Crippen LogP contribution in [0.2, 0.25) is 0 Å². The van der Waals surface area contributed by atoms with Gasteiger partial charge in [-0.05, 0) is 73.3 Å². The minimum absolute atomic E-state index is 0.0625. The third kappa shape index (κ3) is 4.33. The molecule has 2 aliphatic carbocycles. The van der Waals surface area contributed by atoms with E-state index in [2.05, 4.69) is 39.9 Å². The quantitative estimate of drug-likeness (QED) is 0.443. The van der Waals surface area contributed by atoms with Crippen LogP contribution in [0.25, 0.3) is 11.0 Å². The highest BCUT2D eigenvalue weighted by atomic mass is 16.5. The number of hydrogen-bond acceptors (Lipinski definition) is 4. The van der Waals surface area contributed by atoms with Crippen molar-refractivity contribution in [1.29, 1.82) is 0 Å². The molecule has 1 heterocycles. The number of H-pyrrole nitrogens is 1. The van der Waals surface area contributed by atoms with Gasteiger partial charge in [-0.3, -0.25) is 9.59 Å². The lowest BCUT2D eigenvalue weighted by Crippen LogP contribution is -2.48. The van der Waals surface area contributed by atoms with Crippen molar-refractivity contribution in [1.82, 2.24) is 20.6 Å². The van der Waals surface area contributed by atoms with Gasteiger partial charge in [0.05, 0.1) is 29.6 Å². The van der Waals surface area contributed by atoms with E-state index in [-0.39, 0.29) is 25.0 Å². The van der Waals surface area contributed by atoms with E-state index in [4.69, 9.17) is 9.72 Å². The number of nitrogens with zero attached hydrogens (tertiary/aromatic N) is 1. The molecule has 35 heavy (non-hydrogen) atoms. The van der Waals surface area contributed by atoms with E-state index in [9.17, 15) is 9.59 Å². The first kappa shape index (κ1) is 23.5. The second-order valence-corrected chi connectivity index (χ2v) is 10.3. The maximum atomic E-state index is 13.1. The Morgan fingerprint density at radius 2 is 2.00 bits per heavy atom. The summed E-state index contributed by atoms with van der Waals surface area (Å²) >= 11 is 0. The van der Waals surface area contributed by atoms with Gasteiger partial charge in [-0.15, -0.1) is 0 Å². The molecule has 2 amide bonds. The number of benzene rings is 2. The molecule has 2 aliphatic rings. The number of likely N-dealkylation sites (N-methyl/N-ethyl adjacent to an activating group) is 1. The molecule has 1 saturated carbocycles. The van der Waals surface area contributed by atoms with Crippen LogP contribution in [-0.4, -0.2) is 48.6 Å². The maximum Gasteiger partial charge on any atom is 0.239 e. The van der Waals surface area contributed by atoms with Crippen molar-refractivity contribution in [3.63, 3.8) is 0 Å². The molecule has 7 nitrogen and oxygen atoms in total. The van der Waals surface area contributed by atoms with E-state index in [0.29, 0.717) is 17.9 Å². The smallest absolute Gasteiger partial charge is 0.239 e. The van der Waals surface area contributed by atoms with Gasteiger partial charge in [0.25, 0.3) is 0 Å². The van der Waals surface area contributed by atoms with Gasteiger partial charge in [0.2, 0.25) is 11.8 Å². The Bertz CT molecular complexity index is 1260. The Morgan fingerprint density at radius 1 is 1.20 bits per heavy atom. The van der Waals surface area contributed by atoms with Gasteiger partial charge in [0.1, 0.15) is 5.82 Å². The van der Waals surface area contributed by atoms with Gasteiger partial charge < -0.3 is 20.4 Å². The monoisotopic (exact) mass is 474 g/mol. The highest BCUT2D eigenvalue weighted by Gasteiger charge is 2.54. The highest BCUT2D eigenvalue weighted by Crippen LogP contribution is 2.63. The van der Waals surface area contributed by atoms with E-state index in [1.807, 2.05) is 32.0 Å². The second kappa shape index (κ2) is 9.11. The molecule has 1 aromatic heterocycles. The molecule has 1 spiro atoms. The van der Waals surface area contributed by atoms with Crippen LogP contribution in [0.4, 0.5) is 0 Å². The molecule has 184 valence electrons. The normalized spacial score (nSPS) is 19.3. The summed E-state index contributed by atoms with van der Waals surface area (Å²) in [5, 5.41) is 5.46. The summed E-state index contributed by atoms with van der Waals surface area (Å²) in [5.41, 5.74) is 5.05. The van der Waals surface area contributed by atoms with Crippen LogP contribution in [0, 0.1) is 5.41 Å². The van der Waals surface area contributed by atoms with Crippen LogP contribution in [0.5, 0.6) is 0 Å². The SMILES string of the molecule is CCNC(=O)CNC(=O)C(C)(COC)c1ccc2nc(CC3c4ccccc4CC34CC4)[nH]c2c1. The Kier molecular flexibility index (Phi) is 6.13. The zero-order chi connectivity index (χ0) is 24.6. The Hall–Kier alpha value is -3.19. The lowest BCUT2D eigenvalue weighted by molar-refractivity contribution is -0.130. The molecule has 0 saturated heterocycles. The predicted octanol–water partition coefficient (Wildman–Crippen LogP) is 3.38. The van der Waals surface area contributed by atoms with Crippen molar-refractivity contribution >= 4 is 22.8 Å². The number of methoxy groups -OCH3 is 1. The molecule has 7 heteroatoms. The van der Waals surface area contributed by atoms with Crippen molar-refractivity contribution in [2.45, 2.75) is 50.9 Å². The number of aromatic nitrogens is 2. The summed E-state index contributed by atoms with van der Waals surface area (Å²) in [5.74, 6) is 1.02. The van der Waals surface area contributed by atoms with Crippen LogP contribution in [0.3, 0.4) is 0 Å². The topological polar surface area (TPSA) is 96.1 Å². The highest BCUT2D eigenvalue weighted by molar-refractivity contribution is 5.92. The van der Waals surface area contributed by atoms with Gasteiger partial charge in [0.15, 0.2) is 0 Å². The second-order valence-electron chi connectivity index (χ2n) is 10.3. The van der Waals surface area contributed by atoms with E-state index in [1.165, 1.54) is 30.4 Å². The van der Waals surface area contributed by atoms with Crippen LogP contribution >= 0.6 is 0 Å².